The van der Waals surface area contributed by atoms with Gasteiger partial charge in [-0.15, -0.1) is 5.10 Å². The summed E-state index contributed by atoms with van der Waals surface area (Å²) in [6.07, 6.45) is -10.0. The highest BCUT2D eigenvalue weighted by molar-refractivity contribution is 7.62. The first-order valence-corrected chi connectivity index (χ1v) is 21.9. The number of aromatic nitrogens is 11. The van der Waals surface area contributed by atoms with Gasteiger partial charge in [0.25, 0.3) is 24.9 Å². The van der Waals surface area contributed by atoms with E-state index in [-0.39, 0.29) is 53.0 Å². The van der Waals surface area contributed by atoms with Gasteiger partial charge in [0.1, 0.15) is 44.2 Å². The fraction of sp³-hybridized carbons (Fsp3) is 0.538. The van der Waals surface area contributed by atoms with Crippen LogP contribution in [0.15, 0.2) is 28.4 Å². The number of imidazole rings is 2. The van der Waals surface area contributed by atoms with Gasteiger partial charge in [-0.05, 0) is 0 Å². The Labute approximate surface area is 332 Å². The molecule has 31 nitrogen and oxygen atoms in total. The average molecular weight is 909 g/mol. The van der Waals surface area contributed by atoms with E-state index in [4.69, 9.17) is 25.5 Å². The van der Waals surface area contributed by atoms with E-state index in [0.29, 0.717) is 0 Å². The predicted octanol–water partition coefficient (Wildman–Crippen LogP) is -6.99. The van der Waals surface area contributed by atoms with E-state index in [1.54, 1.807) is 0 Å². The summed E-state index contributed by atoms with van der Waals surface area (Å²) in [5, 5.41) is 51.6. The maximum atomic E-state index is 12.6. The number of aliphatic hydroxyl groups is 4. The van der Waals surface area contributed by atoms with Gasteiger partial charge in [0.15, 0.2) is 23.7 Å². The van der Waals surface area contributed by atoms with Crippen molar-refractivity contribution in [1.82, 2.24) is 54.1 Å². The van der Waals surface area contributed by atoms with Crippen molar-refractivity contribution >= 4 is 57.4 Å². The molecule has 5 aromatic rings. The Balaban J connectivity index is 0.867. The van der Waals surface area contributed by atoms with Gasteiger partial charge in [-0.1, -0.05) is 10.2 Å². The van der Waals surface area contributed by atoms with Crippen molar-refractivity contribution in [3.05, 3.63) is 45.3 Å². The lowest BCUT2D eigenvalue weighted by molar-refractivity contribution is -0.745. The maximum absolute atomic E-state index is 12.6. The second-order valence-electron chi connectivity index (χ2n) is 13.4. The van der Waals surface area contributed by atoms with Crippen LogP contribution in [0.1, 0.15) is 18.1 Å². The molecule has 0 aromatic carbocycles. The van der Waals surface area contributed by atoms with Crippen LogP contribution < -0.4 is 46.9 Å². The molecule has 60 heavy (non-hydrogen) atoms. The summed E-state index contributed by atoms with van der Waals surface area (Å²) in [6.45, 7) is -2.39. The molecule has 11 atom stereocenters. The molecule has 7 heterocycles. The first-order chi connectivity index (χ1) is 28.1. The van der Waals surface area contributed by atoms with E-state index >= 15 is 0 Å². The number of hydrogen-bond acceptors (Lipinski definition) is 24. The molecule has 0 radical (unpaired) electrons. The fourth-order valence-corrected chi connectivity index (χ4v) is 9.70. The summed E-state index contributed by atoms with van der Waals surface area (Å²) in [4.78, 5) is 78.5. The molecule has 7 rings (SSSR count). The molecule has 5 unspecified atom stereocenters. The summed E-state index contributed by atoms with van der Waals surface area (Å²) in [5.74, 6) is -0.512. The molecule has 11 N–H and O–H groups in total. The zero-order chi connectivity index (χ0) is 43.5. The van der Waals surface area contributed by atoms with E-state index in [1.807, 2.05) is 0 Å². The number of nitrogens with one attached hydrogen (secondary N) is 3. The molecule has 2 aliphatic rings. The maximum Gasteiger partial charge on any atom is 0.313 e. The molecule has 0 spiro atoms. The number of aromatic amines is 2. The van der Waals surface area contributed by atoms with Gasteiger partial charge in [0, 0.05) is 12.7 Å². The Kier molecular flexibility index (Phi) is 12.0. The molecular formula is C26H35N14O17P3-2. The lowest BCUT2D eigenvalue weighted by Crippen LogP contribution is -2.46. The van der Waals surface area contributed by atoms with Crippen molar-refractivity contribution in [2.75, 3.05) is 31.2 Å². The van der Waals surface area contributed by atoms with Crippen LogP contribution in [-0.2, 0) is 56.3 Å². The smallest absolute Gasteiger partial charge is 0.313 e. The second kappa shape index (κ2) is 16.5. The number of H-pyrrole nitrogens is 2. The zero-order valence-electron chi connectivity index (χ0n) is 30.5. The van der Waals surface area contributed by atoms with Crippen molar-refractivity contribution in [3.63, 3.8) is 0 Å². The largest absolute Gasteiger partial charge is 0.778 e. The van der Waals surface area contributed by atoms with Crippen LogP contribution in [0.5, 0.6) is 0 Å². The Hall–Kier alpha value is -4.39. The first kappa shape index (κ1) is 43.7. The third-order valence-electron chi connectivity index (χ3n) is 9.08. The van der Waals surface area contributed by atoms with E-state index in [0.717, 1.165) is 21.8 Å². The minimum atomic E-state index is -5.66. The van der Waals surface area contributed by atoms with Crippen LogP contribution in [-0.4, -0.2) is 126 Å². The second-order valence-corrected chi connectivity index (χ2v) is 18.3. The number of nitrogens with zero attached hydrogens (tertiary/aromatic N) is 9. The molecule has 328 valence electrons. The lowest BCUT2D eigenvalue weighted by Gasteiger charge is -2.31. The number of hydrogen-bond donors (Lipinski definition) is 9. The molecule has 2 aliphatic heterocycles. The zero-order valence-corrected chi connectivity index (χ0v) is 33.2. The van der Waals surface area contributed by atoms with Crippen molar-refractivity contribution < 1.29 is 76.2 Å². The van der Waals surface area contributed by atoms with Gasteiger partial charge in [0.05, 0.1) is 45.0 Å². The van der Waals surface area contributed by atoms with Crippen LogP contribution in [0.3, 0.4) is 0 Å². The highest BCUT2D eigenvalue weighted by atomic mass is 31.3. The number of phosphoric acid groups is 1. The topological polar surface area (TPSA) is 460 Å². The summed E-state index contributed by atoms with van der Waals surface area (Å²) < 4.78 is 67.3. The summed E-state index contributed by atoms with van der Waals surface area (Å²) in [5.41, 5.74) is 9.41. The van der Waals surface area contributed by atoms with Crippen LogP contribution >= 0.6 is 23.2 Å². The van der Waals surface area contributed by atoms with Gasteiger partial charge in [0.2, 0.25) is 25.4 Å². The van der Waals surface area contributed by atoms with Crippen molar-refractivity contribution in [2.45, 2.75) is 61.8 Å². The summed E-state index contributed by atoms with van der Waals surface area (Å²) >= 11 is 0. The van der Waals surface area contributed by atoms with Gasteiger partial charge in [-0.2, -0.15) is 4.98 Å². The number of nitrogens with two attached hydrogens (primary N) is 2. The number of fused-ring (bicyclic) bond motifs is 2. The number of ether oxygens (including phenoxy) is 2. The van der Waals surface area contributed by atoms with E-state index in [1.165, 1.54) is 22.5 Å². The predicted molar refractivity (Wildman–Crippen MR) is 188 cm³/mol. The van der Waals surface area contributed by atoms with Crippen LogP contribution in [0.25, 0.3) is 22.3 Å². The lowest BCUT2D eigenvalue weighted by atomic mass is 10.1. The number of phosphoric ester groups is 1. The minimum Gasteiger partial charge on any atom is -0.778 e. The molecule has 34 heteroatoms. The Bertz CT molecular complexity index is 2670. The Morgan fingerprint density at radius 2 is 1.62 bits per heavy atom. The van der Waals surface area contributed by atoms with Crippen molar-refractivity contribution in [1.29, 1.82) is 0 Å². The van der Waals surface area contributed by atoms with Crippen LogP contribution in [0.2, 0.25) is 0 Å². The van der Waals surface area contributed by atoms with Crippen molar-refractivity contribution in [2.24, 2.45) is 7.05 Å². The fourth-order valence-electron chi connectivity index (χ4n) is 6.38. The Morgan fingerprint density at radius 1 is 0.950 bits per heavy atom. The van der Waals surface area contributed by atoms with E-state index in [2.05, 4.69) is 49.2 Å². The number of rotatable bonds is 16. The molecular weight excluding hydrogens is 873 g/mol. The minimum absolute atomic E-state index is 0.0195. The molecule has 0 aliphatic carbocycles. The normalized spacial score (nSPS) is 27.7. The molecule has 0 bridgehead atoms. The number of nitrogen functional groups attached to an aromatic ring is 2. The van der Waals surface area contributed by atoms with Gasteiger partial charge < -0.3 is 69.7 Å². The first-order valence-electron chi connectivity index (χ1n) is 17.2. The van der Waals surface area contributed by atoms with Gasteiger partial charge >= 0.3 is 5.65 Å². The van der Waals surface area contributed by atoms with Gasteiger partial charge in [-0.25, -0.2) is 9.55 Å². The molecule has 0 saturated carbocycles. The SMILES string of the molecule is Cn1c[n+]([C@@H]2O[C@H](COP(=O)([O-])NCCn3cc(CP(=O)([O-])OP(=O)([O-])OC[C@H]4O[C@@H](n5cnc6c(=O)[nH]c(N)nc65)[C@@H](O)C4O)nn3)[C@H](O)C2O)c2nc(N)[nH]c(=O)c21. The molecule has 0 amide bonds. The third kappa shape index (κ3) is 9.11. The number of aryl methyl sites for hydroxylation is 1. The van der Waals surface area contributed by atoms with E-state index < -0.39 is 103 Å². The highest BCUT2D eigenvalue weighted by Gasteiger charge is 2.48. The van der Waals surface area contributed by atoms with E-state index in [9.17, 15) is 58.4 Å². The average Bonchev–Trinajstić information content (AvgIpc) is 3.95. The highest BCUT2D eigenvalue weighted by Crippen LogP contribution is 2.56. The van der Waals surface area contributed by atoms with Crippen LogP contribution in [0.4, 0.5) is 11.9 Å². The molecule has 5 aromatic heterocycles. The van der Waals surface area contributed by atoms with Crippen LogP contribution in [0, 0.1) is 0 Å². The monoisotopic (exact) mass is 908 g/mol. The Morgan fingerprint density at radius 3 is 2.37 bits per heavy atom. The quantitative estimate of drug-likeness (QED) is 0.0328. The number of anilines is 2. The third-order valence-corrected chi connectivity index (χ3v) is 13.2. The standard InChI is InChI=1S/C26H37N14O17P3/c1-37-9-40(20-14(37)22(46)34-26(28)32-20)24-18(44)15(41)11(56-24)5-53-59(49,50)30-2-3-38-4-10(35-36-38)7-58(47,48)57-60(51,52)54-6-12-16(42)17(43)23(55-12)39-8-29-13-19(39)31-25(27)33-21(13)45/h4,8-9,11-12,15-18,23-24,41-44H,2-3,5-7H2,1H3,(H9-,27,28,30,31,32,33,34,45,46,47,48,49,50,51,52)/p-2/t11-,12-,15+,16?,17+,18?,23-,24-/m1/s1. The summed E-state index contributed by atoms with van der Waals surface area (Å²) in [7, 11) is -14.3. The van der Waals surface area contributed by atoms with Gasteiger partial charge in [-0.3, -0.25) is 51.9 Å². The molecule has 2 saturated heterocycles. The number of aliphatic hydroxyl groups excluding tert-OH is 4. The summed E-state index contributed by atoms with van der Waals surface area (Å²) in [6, 6.07) is 0. The molecule has 2 fully saturated rings. The van der Waals surface area contributed by atoms with Crippen molar-refractivity contribution in [3.8, 4) is 0 Å².